The van der Waals surface area contributed by atoms with E-state index in [9.17, 15) is 4.21 Å². The van der Waals surface area contributed by atoms with Crippen molar-refractivity contribution in [3.05, 3.63) is 73.2 Å². The maximum Gasteiger partial charge on any atom is 0.259 e. The molecule has 1 saturated heterocycles. The van der Waals surface area contributed by atoms with Crippen LogP contribution in [0.4, 0.5) is 17.3 Å². The zero-order valence-electron chi connectivity index (χ0n) is 19.8. The van der Waals surface area contributed by atoms with Gasteiger partial charge in [0, 0.05) is 72.8 Å². The van der Waals surface area contributed by atoms with E-state index < -0.39 is 11.3 Å². The molecule has 1 aliphatic heterocycles. The molecule has 1 unspecified atom stereocenters. The van der Waals surface area contributed by atoms with E-state index in [1.165, 1.54) is 5.69 Å². The van der Waals surface area contributed by atoms with Gasteiger partial charge in [-0.3, -0.25) is 19.2 Å². The molecule has 3 aromatic heterocycles. The topological polar surface area (TPSA) is 119 Å². The quantitative estimate of drug-likeness (QED) is 0.327. The molecule has 1 aromatic carbocycles. The first-order valence-corrected chi connectivity index (χ1v) is 12.5. The lowest BCUT2D eigenvalue weighted by Gasteiger charge is -2.34. The third kappa shape index (κ3) is 5.33. The number of nitrogens with zero attached hydrogens (tertiary/aromatic N) is 6. The van der Waals surface area contributed by atoms with Crippen LogP contribution in [0.3, 0.4) is 0 Å². The van der Waals surface area contributed by atoms with Crippen LogP contribution in [0.1, 0.15) is 5.56 Å². The normalized spacial score (nSPS) is 15.0. The van der Waals surface area contributed by atoms with Crippen LogP contribution in [0.25, 0.3) is 28.0 Å². The van der Waals surface area contributed by atoms with Gasteiger partial charge in [-0.05, 0) is 49.5 Å². The lowest BCUT2D eigenvalue weighted by atomic mass is 10.1. The molecule has 0 radical (unpaired) electrons. The molecule has 0 aliphatic carbocycles. The number of piperazine rings is 1. The van der Waals surface area contributed by atoms with Crippen LogP contribution in [0, 0.1) is 0 Å². The SMILES string of the molecule is C=C(NS(=O)O)c1ccnc(-c2nccc3cnc(Nc4ccc(N5CCN(C)CC5)cc4)nc23)c1. The van der Waals surface area contributed by atoms with E-state index in [0.29, 0.717) is 34.1 Å². The van der Waals surface area contributed by atoms with Crippen molar-refractivity contribution in [3.63, 3.8) is 0 Å². The molecule has 1 atom stereocenters. The molecule has 10 nitrogen and oxygen atoms in total. The van der Waals surface area contributed by atoms with E-state index in [1.54, 1.807) is 30.7 Å². The molecule has 5 rings (SSSR count). The first kappa shape index (κ1) is 23.8. The summed E-state index contributed by atoms with van der Waals surface area (Å²) in [7, 11) is 2.15. The summed E-state index contributed by atoms with van der Waals surface area (Å²) in [5, 5.41) is 4.10. The second-order valence-electron chi connectivity index (χ2n) is 8.51. The Morgan fingerprint density at radius 2 is 1.78 bits per heavy atom. The largest absolute Gasteiger partial charge is 0.369 e. The first-order valence-electron chi connectivity index (χ1n) is 11.4. The molecular weight excluding hydrogens is 476 g/mol. The Labute approximate surface area is 211 Å². The van der Waals surface area contributed by atoms with Gasteiger partial charge < -0.3 is 15.1 Å². The summed E-state index contributed by atoms with van der Waals surface area (Å²) in [6.07, 6.45) is 5.02. The number of likely N-dealkylation sites (N-methyl/N-ethyl adjacent to an activating group) is 1. The highest BCUT2D eigenvalue weighted by Crippen LogP contribution is 2.27. The molecule has 0 saturated carbocycles. The number of nitrogens with one attached hydrogen (secondary N) is 2. The number of aromatic nitrogens is 4. The van der Waals surface area contributed by atoms with Gasteiger partial charge in [-0.2, -0.15) is 0 Å². The van der Waals surface area contributed by atoms with Crippen molar-refractivity contribution in [2.45, 2.75) is 0 Å². The Kier molecular flexibility index (Phi) is 6.85. The fraction of sp³-hybridized carbons (Fsp3) is 0.200. The lowest BCUT2D eigenvalue weighted by molar-refractivity contribution is 0.313. The number of rotatable bonds is 7. The van der Waals surface area contributed by atoms with E-state index >= 15 is 0 Å². The van der Waals surface area contributed by atoms with Gasteiger partial charge in [0.2, 0.25) is 5.95 Å². The summed E-state index contributed by atoms with van der Waals surface area (Å²) < 4.78 is 22.6. The van der Waals surface area contributed by atoms with Crippen molar-refractivity contribution in [2.75, 3.05) is 43.4 Å². The number of hydrogen-bond acceptors (Lipinski definition) is 8. The highest BCUT2D eigenvalue weighted by molar-refractivity contribution is 7.77. The average molecular weight is 503 g/mol. The fourth-order valence-electron chi connectivity index (χ4n) is 4.07. The van der Waals surface area contributed by atoms with Gasteiger partial charge >= 0.3 is 0 Å². The predicted octanol–water partition coefficient (Wildman–Crippen LogP) is 3.28. The highest BCUT2D eigenvalue weighted by atomic mass is 32.2. The van der Waals surface area contributed by atoms with E-state index in [1.807, 2.05) is 18.2 Å². The molecule has 11 heteroatoms. The first-order chi connectivity index (χ1) is 17.5. The Morgan fingerprint density at radius 1 is 1.03 bits per heavy atom. The van der Waals surface area contributed by atoms with Gasteiger partial charge in [0.1, 0.15) is 11.2 Å². The standard InChI is InChI=1S/C25H26N8O2S/c1-17(31-36(34)35)18-7-9-26-22(15-18)24-23-19(8-10-27-24)16-28-25(30-23)29-20-3-5-21(6-4-20)33-13-11-32(2)12-14-33/h3-10,15-16,31H,1,11-14H2,2H3,(H,34,35)(H,28,29,30). The van der Waals surface area contributed by atoms with Crippen molar-refractivity contribution in [1.29, 1.82) is 0 Å². The van der Waals surface area contributed by atoms with Gasteiger partial charge in [0.15, 0.2) is 0 Å². The molecule has 3 N–H and O–H groups in total. The number of pyridine rings is 2. The number of fused-ring (bicyclic) bond motifs is 1. The summed E-state index contributed by atoms with van der Waals surface area (Å²) in [5.74, 6) is 0.446. The molecule has 1 fully saturated rings. The average Bonchev–Trinajstić information content (AvgIpc) is 2.89. The summed E-state index contributed by atoms with van der Waals surface area (Å²) >= 11 is -2.22. The summed E-state index contributed by atoms with van der Waals surface area (Å²) in [6.45, 7) is 7.96. The Morgan fingerprint density at radius 3 is 2.53 bits per heavy atom. The monoisotopic (exact) mass is 502 g/mol. The van der Waals surface area contributed by atoms with Crippen molar-refractivity contribution < 1.29 is 8.76 Å². The third-order valence-electron chi connectivity index (χ3n) is 6.05. The summed E-state index contributed by atoms with van der Waals surface area (Å²) in [5.41, 5.74) is 4.78. The maximum atomic E-state index is 11.1. The van der Waals surface area contributed by atoms with Gasteiger partial charge in [-0.25, -0.2) is 14.2 Å². The highest BCUT2D eigenvalue weighted by Gasteiger charge is 2.15. The zero-order chi connectivity index (χ0) is 25.1. The maximum absolute atomic E-state index is 11.1. The number of hydrogen-bond donors (Lipinski definition) is 3. The molecule has 184 valence electrons. The van der Waals surface area contributed by atoms with E-state index in [0.717, 1.165) is 37.3 Å². The smallest absolute Gasteiger partial charge is 0.259 e. The Balaban J connectivity index is 1.40. The van der Waals surface area contributed by atoms with Gasteiger partial charge in [-0.15, -0.1) is 0 Å². The minimum Gasteiger partial charge on any atom is -0.369 e. The molecule has 0 bridgehead atoms. The van der Waals surface area contributed by atoms with E-state index in [-0.39, 0.29) is 0 Å². The van der Waals surface area contributed by atoms with Crippen LogP contribution in [-0.4, -0.2) is 66.8 Å². The Hall–Kier alpha value is -3.93. The number of anilines is 3. The molecule has 36 heavy (non-hydrogen) atoms. The van der Waals surface area contributed by atoms with Crippen LogP contribution in [0.2, 0.25) is 0 Å². The third-order valence-corrected chi connectivity index (χ3v) is 6.47. The fourth-order valence-corrected chi connectivity index (χ4v) is 4.39. The van der Waals surface area contributed by atoms with Crippen LogP contribution in [-0.2, 0) is 11.3 Å². The Bertz CT molecular complexity index is 1420. The van der Waals surface area contributed by atoms with Gasteiger partial charge in [-0.1, -0.05) is 6.58 Å². The second-order valence-corrected chi connectivity index (χ2v) is 9.22. The van der Waals surface area contributed by atoms with Crippen molar-refractivity contribution in [2.24, 2.45) is 0 Å². The van der Waals surface area contributed by atoms with Crippen molar-refractivity contribution in [3.8, 4) is 11.4 Å². The second kappa shape index (κ2) is 10.4. The van der Waals surface area contributed by atoms with E-state index in [2.05, 4.69) is 60.5 Å². The van der Waals surface area contributed by atoms with E-state index in [4.69, 9.17) is 9.54 Å². The minimum absolute atomic E-state index is 0.303. The molecule has 1 aliphatic rings. The van der Waals surface area contributed by atoms with Gasteiger partial charge in [0.25, 0.3) is 11.3 Å². The molecular formula is C25H26N8O2S. The van der Waals surface area contributed by atoms with Crippen LogP contribution >= 0.6 is 0 Å². The van der Waals surface area contributed by atoms with Crippen LogP contribution < -0.4 is 14.9 Å². The molecule has 0 amide bonds. The molecule has 4 aromatic rings. The zero-order valence-corrected chi connectivity index (χ0v) is 20.6. The van der Waals surface area contributed by atoms with Crippen molar-refractivity contribution >= 4 is 45.2 Å². The molecule has 4 heterocycles. The van der Waals surface area contributed by atoms with Gasteiger partial charge in [0.05, 0.1) is 5.69 Å². The summed E-state index contributed by atoms with van der Waals surface area (Å²) in [4.78, 5) is 22.9. The number of benzene rings is 1. The minimum atomic E-state index is -2.22. The van der Waals surface area contributed by atoms with Crippen molar-refractivity contribution in [1.82, 2.24) is 29.6 Å². The summed E-state index contributed by atoms with van der Waals surface area (Å²) in [6, 6.07) is 13.6. The predicted molar refractivity (Wildman–Crippen MR) is 143 cm³/mol. The lowest BCUT2D eigenvalue weighted by Crippen LogP contribution is -2.44. The molecule has 0 spiro atoms. The van der Waals surface area contributed by atoms with Crippen LogP contribution in [0.15, 0.2) is 67.6 Å². The van der Waals surface area contributed by atoms with Crippen LogP contribution in [0.5, 0.6) is 0 Å².